The van der Waals surface area contributed by atoms with Gasteiger partial charge in [-0.15, -0.1) is 0 Å². The first-order chi connectivity index (χ1) is 16.0. The van der Waals surface area contributed by atoms with Crippen LogP contribution >= 0.6 is 12.2 Å². The Balaban J connectivity index is 1.64. The Bertz CT molecular complexity index is 1310. The summed E-state index contributed by atoms with van der Waals surface area (Å²) in [6.07, 6.45) is -3.25. The van der Waals surface area contributed by atoms with Crippen molar-refractivity contribution in [3.63, 3.8) is 0 Å². The third-order valence-electron chi connectivity index (χ3n) is 5.31. The Hall–Kier alpha value is -3.72. The van der Waals surface area contributed by atoms with E-state index in [1.165, 1.54) is 35.2 Å². The summed E-state index contributed by atoms with van der Waals surface area (Å²) in [4.78, 5) is 26.8. The number of carbonyl (C=O) groups excluding carboxylic acids is 2. The predicted molar refractivity (Wildman–Crippen MR) is 126 cm³/mol. The van der Waals surface area contributed by atoms with Gasteiger partial charge >= 0.3 is 6.18 Å². The number of furan rings is 1. The van der Waals surface area contributed by atoms with Crippen LogP contribution in [0.4, 0.5) is 18.9 Å². The SMILES string of the molecule is CC(C)c1ccc(N2C(=O)C(=Cc3ccc(-c4cccc(C(F)(F)F)c4)o3)C(=O)NC2=S)cc1. The third kappa shape index (κ3) is 4.65. The molecule has 0 saturated carbocycles. The molecule has 0 aliphatic carbocycles. The topological polar surface area (TPSA) is 62.6 Å². The van der Waals surface area contributed by atoms with Gasteiger partial charge in [0.05, 0.1) is 11.3 Å². The second-order valence-electron chi connectivity index (χ2n) is 7.98. The number of hydrogen-bond donors (Lipinski definition) is 1. The van der Waals surface area contributed by atoms with Gasteiger partial charge in [0.2, 0.25) is 0 Å². The first kappa shape index (κ1) is 23.4. The zero-order valence-corrected chi connectivity index (χ0v) is 19.0. The second-order valence-corrected chi connectivity index (χ2v) is 8.37. The lowest BCUT2D eigenvalue weighted by Gasteiger charge is -2.29. The Morgan fingerprint density at radius 1 is 1.03 bits per heavy atom. The van der Waals surface area contributed by atoms with Crippen molar-refractivity contribution in [1.29, 1.82) is 0 Å². The van der Waals surface area contributed by atoms with E-state index in [1.807, 2.05) is 26.0 Å². The van der Waals surface area contributed by atoms with Crippen LogP contribution in [0, 0.1) is 0 Å². The van der Waals surface area contributed by atoms with Crippen molar-refractivity contribution >= 4 is 40.9 Å². The number of nitrogens with zero attached hydrogens (tertiary/aromatic N) is 1. The maximum Gasteiger partial charge on any atom is 0.416 e. The fourth-order valence-electron chi connectivity index (χ4n) is 3.48. The fraction of sp³-hybridized carbons (Fsp3) is 0.160. The normalized spacial score (nSPS) is 15.9. The van der Waals surface area contributed by atoms with Crippen LogP contribution in [0.3, 0.4) is 0 Å². The van der Waals surface area contributed by atoms with Crippen LogP contribution in [-0.4, -0.2) is 16.9 Å². The van der Waals surface area contributed by atoms with Gasteiger partial charge in [0.1, 0.15) is 17.1 Å². The highest BCUT2D eigenvalue weighted by Gasteiger charge is 2.35. The van der Waals surface area contributed by atoms with Gasteiger partial charge in [0, 0.05) is 5.56 Å². The Kier molecular flexibility index (Phi) is 6.14. The standard InChI is InChI=1S/C25H19F3N2O3S/c1-14(2)15-6-8-18(9-7-15)30-23(32)20(22(31)29-24(30)34)13-19-10-11-21(33-19)16-4-3-5-17(12-16)25(26,27)28/h3-14H,1-2H3,(H,29,31,34). The van der Waals surface area contributed by atoms with Crippen LogP contribution in [0.1, 0.15) is 36.7 Å². The van der Waals surface area contributed by atoms with E-state index in [4.69, 9.17) is 16.6 Å². The highest BCUT2D eigenvalue weighted by molar-refractivity contribution is 7.80. The molecule has 0 radical (unpaired) electrons. The summed E-state index contributed by atoms with van der Waals surface area (Å²) in [5.74, 6) is -0.726. The molecule has 0 spiro atoms. The van der Waals surface area contributed by atoms with E-state index >= 15 is 0 Å². The highest BCUT2D eigenvalue weighted by atomic mass is 32.1. The summed E-state index contributed by atoms with van der Waals surface area (Å²) in [7, 11) is 0. The summed E-state index contributed by atoms with van der Waals surface area (Å²) in [6, 6.07) is 14.9. The lowest BCUT2D eigenvalue weighted by atomic mass is 10.0. The molecule has 1 aromatic heterocycles. The van der Waals surface area contributed by atoms with E-state index in [9.17, 15) is 22.8 Å². The van der Waals surface area contributed by atoms with E-state index in [1.54, 1.807) is 12.1 Å². The molecule has 0 atom stereocenters. The van der Waals surface area contributed by atoms with Crippen LogP contribution in [0.15, 0.2) is 70.7 Å². The highest BCUT2D eigenvalue weighted by Crippen LogP contribution is 2.33. The monoisotopic (exact) mass is 484 g/mol. The summed E-state index contributed by atoms with van der Waals surface area (Å²) in [5.41, 5.74) is 0.764. The average molecular weight is 484 g/mol. The number of rotatable bonds is 4. The van der Waals surface area contributed by atoms with Crippen LogP contribution in [0.25, 0.3) is 17.4 Å². The zero-order chi connectivity index (χ0) is 24.6. The number of hydrogen-bond acceptors (Lipinski definition) is 4. The predicted octanol–water partition coefficient (Wildman–Crippen LogP) is 5.92. The lowest BCUT2D eigenvalue weighted by molar-refractivity contribution is -0.137. The van der Waals surface area contributed by atoms with Crippen molar-refractivity contribution in [3.8, 4) is 11.3 Å². The first-order valence-corrected chi connectivity index (χ1v) is 10.7. The number of anilines is 1. The number of alkyl halides is 3. The van der Waals surface area contributed by atoms with Crippen molar-refractivity contribution in [2.45, 2.75) is 25.9 Å². The molecule has 5 nitrogen and oxygen atoms in total. The smallest absolute Gasteiger partial charge is 0.416 e. The van der Waals surface area contributed by atoms with E-state index in [0.29, 0.717) is 11.6 Å². The number of amides is 2. The Morgan fingerprint density at radius 3 is 2.38 bits per heavy atom. The van der Waals surface area contributed by atoms with E-state index in [-0.39, 0.29) is 27.8 Å². The fourth-order valence-corrected chi connectivity index (χ4v) is 3.76. The second kappa shape index (κ2) is 8.90. The molecule has 1 fully saturated rings. The molecule has 0 unspecified atom stereocenters. The number of thiocarbonyl (C=S) groups is 1. The molecule has 34 heavy (non-hydrogen) atoms. The molecule has 1 saturated heterocycles. The average Bonchev–Trinajstić information content (AvgIpc) is 3.25. The van der Waals surface area contributed by atoms with Crippen molar-refractivity contribution < 1.29 is 27.2 Å². The van der Waals surface area contributed by atoms with Crippen molar-refractivity contribution in [2.75, 3.05) is 4.90 Å². The van der Waals surface area contributed by atoms with Gasteiger partial charge in [-0.1, -0.05) is 38.1 Å². The molecule has 0 bridgehead atoms. The van der Waals surface area contributed by atoms with Crippen LogP contribution in [0.5, 0.6) is 0 Å². The van der Waals surface area contributed by atoms with Gasteiger partial charge in [0.15, 0.2) is 5.11 Å². The summed E-state index contributed by atoms with van der Waals surface area (Å²) < 4.78 is 44.7. The molecule has 2 heterocycles. The number of benzene rings is 2. The van der Waals surface area contributed by atoms with Crippen molar-refractivity contribution in [2.24, 2.45) is 0 Å². The van der Waals surface area contributed by atoms with Gasteiger partial charge in [-0.2, -0.15) is 13.2 Å². The molecular formula is C25H19F3N2O3S. The number of carbonyl (C=O) groups is 2. The minimum absolute atomic E-state index is 0.0476. The Morgan fingerprint density at radius 2 is 1.74 bits per heavy atom. The summed E-state index contributed by atoms with van der Waals surface area (Å²) in [6.45, 7) is 4.09. The first-order valence-electron chi connectivity index (χ1n) is 10.3. The van der Waals surface area contributed by atoms with Gasteiger partial charge in [0.25, 0.3) is 11.8 Å². The molecule has 3 aromatic rings. The molecule has 174 valence electrons. The number of nitrogens with one attached hydrogen (secondary N) is 1. The van der Waals surface area contributed by atoms with Gasteiger partial charge in [-0.05, 0) is 66.2 Å². The van der Waals surface area contributed by atoms with Crippen LogP contribution in [0.2, 0.25) is 0 Å². The molecule has 4 rings (SSSR count). The largest absolute Gasteiger partial charge is 0.457 e. The third-order valence-corrected chi connectivity index (χ3v) is 5.59. The van der Waals surface area contributed by atoms with Gasteiger partial charge in [-0.25, -0.2) is 0 Å². The summed E-state index contributed by atoms with van der Waals surface area (Å²) >= 11 is 5.21. The molecule has 2 aromatic carbocycles. The van der Waals surface area contributed by atoms with E-state index in [0.717, 1.165) is 17.7 Å². The molecule has 9 heteroatoms. The molecular weight excluding hydrogens is 465 g/mol. The van der Waals surface area contributed by atoms with E-state index in [2.05, 4.69) is 5.32 Å². The number of halogens is 3. The van der Waals surface area contributed by atoms with Crippen molar-refractivity contribution in [1.82, 2.24) is 5.32 Å². The van der Waals surface area contributed by atoms with Crippen LogP contribution in [-0.2, 0) is 15.8 Å². The van der Waals surface area contributed by atoms with Gasteiger partial charge < -0.3 is 4.42 Å². The lowest BCUT2D eigenvalue weighted by Crippen LogP contribution is -2.54. The van der Waals surface area contributed by atoms with Gasteiger partial charge in [-0.3, -0.25) is 19.8 Å². The molecule has 1 aliphatic heterocycles. The minimum Gasteiger partial charge on any atom is -0.457 e. The molecule has 2 amide bonds. The maximum atomic E-state index is 13.1. The Labute approximate surface area is 198 Å². The molecule has 1 aliphatic rings. The minimum atomic E-state index is -4.49. The zero-order valence-electron chi connectivity index (χ0n) is 18.1. The summed E-state index contributed by atoms with van der Waals surface area (Å²) in [5, 5.41) is 2.44. The van der Waals surface area contributed by atoms with E-state index < -0.39 is 23.6 Å². The van der Waals surface area contributed by atoms with Crippen LogP contribution < -0.4 is 10.2 Å². The maximum absolute atomic E-state index is 13.1. The van der Waals surface area contributed by atoms with Crippen molar-refractivity contribution in [3.05, 3.63) is 83.1 Å². The molecule has 1 N–H and O–H groups in total. The quantitative estimate of drug-likeness (QED) is 0.284.